The summed E-state index contributed by atoms with van der Waals surface area (Å²) < 4.78 is 4.55. The van der Waals surface area contributed by atoms with Crippen LogP contribution < -0.4 is 0 Å². The van der Waals surface area contributed by atoms with Crippen LogP contribution in [-0.2, 0) is 9.53 Å². The zero-order valence-electron chi connectivity index (χ0n) is 4.39. The van der Waals surface area contributed by atoms with Crippen molar-refractivity contribution >= 4 is 5.97 Å². The Morgan fingerprint density at radius 2 is 2.62 bits per heavy atom. The van der Waals surface area contributed by atoms with Crippen LogP contribution in [0.5, 0.6) is 0 Å². The lowest BCUT2D eigenvalue weighted by Crippen LogP contribution is -1.95. The van der Waals surface area contributed by atoms with Crippen LogP contribution in [0.4, 0.5) is 0 Å². The van der Waals surface area contributed by atoms with Crippen molar-refractivity contribution < 1.29 is 9.53 Å². The summed E-state index contributed by atoms with van der Waals surface area (Å²) in [7, 11) is 0. The van der Waals surface area contributed by atoms with E-state index >= 15 is 0 Å². The van der Waals surface area contributed by atoms with E-state index in [2.05, 4.69) is 11.3 Å². The van der Waals surface area contributed by atoms with Gasteiger partial charge in [0.1, 0.15) is 6.61 Å². The predicted molar refractivity (Wildman–Crippen MR) is 29.2 cm³/mol. The Kier molecular flexibility index (Phi) is 1.16. The highest BCUT2D eigenvalue weighted by Crippen LogP contribution is 2.05. The first-order valence-electron chi connectivity index (χ1n) is 2.34. The molecule has 0 aromatic rings. The molecular weight excluding hydrogens is 104 g/mol. The van der Waals surface area contributed by atoms with Crippen molar-refractivity contribution in [3.05, 3.63) is 24.3 Å². The minimum Gasteiger partial charge on any atom is -0.458 e. The Hall–Kier alpha value is -1.05. The standard InChI is InChI=1S/C6H6O2/c1-2-5-3-4-8-6(5)7/h2-3H,1,4H2. The summed E-state index contributed by atoms with van der Waals surface area (Å²) in [5, 5.41) is 0. The van der Waals surface area contributed by atoms with E-state index in [1.54, 1.807) is 6.08 Å². The molecule has 1 aliphatic rings. The molecule has 8 heavy (non-hydrogen) atoms. The highest BCUT2D eigenvalue weighted by atomic mass is 16.5. The molecule has 1 rings (SSSR count). The van der Waals surface area contributed by atoms with E-state index in [1.165, 1.54) is 6.08 Å². The Bertz CT molecular complexity index is 156. The first-order chi connectivity index (χ1) is 3.84. The molecule has 0 radical (unpaired) electrons. The third-order valence-electron chi connectivity index (χ3n) is 0.973. The van der Waals surface area contributed by atoms with Crippen LogP contribution in [0.3, 0.4) is 0 Å². The fourth-order valence-corrected chi connectivity index (χ4v) is 0.540. The molecule has 0 aromatic heterocycles. The molecular formula is C6H6O2. The molecule has 1 aliphatic heterocycles. The maximum absolute atomic E-state index is 10.4. The van der Waals surface area contributed by atoms with Crippen molar-refractivity contribution in [2.24, 2.45) is 0 Å². The summed E-state index contributed by atoms with van der Waals surface area (Å²) >= 11 is 0. The summed E-state index contributed by atoms with van der Waals surface area (Å²) in [5.41, 5.74) is 0.574. The van der Waals surface area contributed by atoms with Crippen molar-refractivity contribution in [3.8, 4) is 0 Å². The predicted octanol–water partition coefficient (Wildman–Crippen LogP) is 0.656. The number of cyclic esters (lactones) is 1. The molecule has 42 valence electrons. The third-order valence-corrected chi connectivity index (χ3v) is 0.973. The highest BCUT2D eigenvalue weighted by molar-refractivity contribution is 5.93. The first kappa shape index (κ1) is 5.09. The van der Waals surface area contributed by atoms with Crippen LogP contribution in [0.15, 0.2) is 24.3 Å². The van der Waals surface area contributed by atoms with Crippen molar-refractivity contribution in [2.75, 3.05) is 6.61 Å². The van der Waals surface area contributed by atoms with Crippen molar-refractivity contribution in [1.29, 1.82) is 0 Å². The minimum absolute atomic E-state index is 0.264. The van der Waals surface area contributed by atoms with Gasteiger partial charge in [-0.2, -0.15) is 0 Å². The number of esters is 1. The molecule has 0 unspecified atom stereocenters. The van der Waals surface area contributed by atoms with Crippen LogP contribution in [-0.4, -0.2) is 12.6 Å². The van der Waals surface area contributed by atoms with E-state index in [-0.39, 0.29) is 5.97 Å². The summed E-state index contributed by atoms with van der Waals surface area (Å²) in [6.45, 7) is 3.83. The molecule has 0 amide bonds. The molecule has 0 spiro atoms. The average molecular weight is 110 g/mol. The number of ether oxygens (including phenoxy) is 1. The minimum atomic E-state index is -0.264. The molecule has 2 nitrogen and oxygen atoms in total. The van der Waals surface area contributed by atoms with Crippen LogP contribution in [0.1, 0.15) is 0 Å². The molecule has 0 bridgehead atoms. The number of hydrogen-bond acceptors (Lipinski definition) is 2. The lowest BCUT2D eigenvalue weighted by Gasteiger charge is -1.87. The Morgan fingerprint density at radius 1 is 1.88 bits per heavy atom. The van der Waals surface area contributed by atoms with Gasteiger partial charge in [-0.15, -0.1) is 0 Å². The smallest absolute Gasteiger partial charge is 0.338 e. The summed E-state index contributed by atoms with van der Waals surface area (Å²) in [6.07, 6.45) is 3.20. The van der Waals surface area contributed by atoms with Gasteiger partial charge < -0.3 is 4.74 Å². The second kappa shape index (κ2) is 1.82. The zero-order valence-corrected chi connectivity index (χ0v) is 4.39. The van der Waals surface area contributed by atoms with Gasteiger partial charge in [-0.05, 0) is 6.08 Å². The Labute approximate surface area is 47.5 Å². The van der Waals surface area contributed by atoms with E-state index < -0.39 is 0 Å². The summed E-state index contributed by atoms with van der Waals surface area (Å²) in [5.74, 6) is -0.264. The second-order valence-corrected chi connectivity index (χ2v) is 1.46. The van der Waals surface area contributed by atoms with Gasteiger partial charge in [-0.25, -0.2) is 4.79 Å². The average Bonchev–Trinajstić information content (AvgIpc) is 2.14. The maximum Gasteiger partial charge on any atom is 0.338 e. The first-order valence-corrected chi connectivity index (χ1v) is 2.34. The monoisotopic (exact) mass is 110 g/mol. The molecule has 0 aromatic carbocycles. The van der Waals surface area contributed by atoms with E-state index in [9.17, 15) is 4.79 Å². The molecule has 0 atom stereocenters. The van der Waals surface area contributed by atoms with Gasteiger partial charge in [0.05, 0.1) is 5.57 Å². The zero-order chi connectivity index (χ0) is 5.98. The van der Waals surface area contributed by atoms with Crippen molar-refractivity contribution in [2.45, 2.75) is 0 Å². The fourth-order valence-electron chi connectivity index (χ4n) is 0.540. The second-order valence-electron chi connectivity index (χ2n) is 1.46. The van der Waals surface area contributed by atoms with Crippen molar-refractivity contribution in [3.63, 3.8) is 0 Å². The highest BCUT2D eigenvalue weighted by Gasteiger charge is 2.11. The maximum atomic E-state index is 10.4. The quantitative estimate of drug-likeness (QED) is 0.463. The lowest BCUT2D eigenvalue weighted by atomic mass is 10.3. The molecule has 0 aliphatic carbocycles. The van der Waals surface area contributed by atoms with Gasteiger partial charge in [-0.3, -0.25) is 0 Å². The van der Waals surface area contributed by atoms with Crippen LogP contribution in [0, 0.1) is 0 Å². The third kappa shape index (κ3) is 0.644. The summed E-state index contributed by atoms with van der Waals surface area (Å²) in [6, 6.07) is 0. The van der Waals surface area contributed by atoms with E-state index in [0.717, 1.165) is 0 Å². The van der Waals surface area contributed by atoms with E-state index in [0.29, 0.717) is 12.2 Å². The lowest BCUT2D eigenvalue weighted by molar-refractivity contribution is -0.135. The SMILES string of the molecule is C=CC1=CCOC1=O. The molecule has 0 saturated carbocycles. The van der Waals surface area contributed by atoms with E-state index in [4.69, 9.17) is 0 Å². The molecule has 0 fully saturated rings. The number of carbonyl (C=O) groups is 1. The fraction of sp³-hybridized carbons (Fsp3) is 0.167. The van der Waals surface area contributed by atoms with Gasteiger partial charge in [0.2, 0.25) is 0 Å². The van der Waals surface area contributed by atoms with Crippen LogP contribution in [0.25, 0.3) is 0 Å². The normalized spacial score (nSPS) is 17.5. The number of hydrogen-bond donors (Lipinski definition) is 0. The van der Waals surface area contributed by atoms with Gasteiger partial charge in [-0.1, -0.05) is 12.7 Å². The summed E-state index contributed by atoms with van der Waals surface area (Å²) in [4.78, 5) is 10.4. The van der Waals surface area contributed by atoms with E-state index in [1.807, 2.05) is 0 Å². The molecule has 0 N–H and O–H groups in total. The Morgan fingerprint density at radius 3 is 2.88 bits per heavy atom. The molecule has 0 saturated heterocycles. The van der Waals surface area contributed by atoms with Crippen LogP contribution >= 0.6 is 0 Å². The molecule has 2 heteroatoms. The van der Waals surface area contributed by atoms with Gasteiger partial charge >= 0.3 is 5.97 Å². The topological polar surface area (TPSA) is 26.3 Å². The Balaban J connectivity index is 2.76. The number of rotatable bonds is 1. The van der Waals surface area contributed by atoms with Crippen molar-refractivity contribution in [1.82, 2.24) is 0 Å². The van der Waals surface area contributed by atoms with Gasteiger partial charge in [0, 0.05) is 0 Å². The van der Waals surface area contributed by atoms with Crippen LogP contribution in [0.2, 0.25) is 0 Å². The van der Waals surface area contributed by atoms with Gasteiger partial charge in [0.15, 0.2) is 0 Å². The largest absolute Gasteiger partial charge is 0.458 e. The molecule has 1 heterocycles. The number of carbonyl (C=O) groups excluding carboxylic acids is 1. The van der Waals surface area contributed by atoms with Gasteiger partial charge in [0.25, 0.3) is 0 Å².